The lowest BCUT2D eigenvalue weighted by molar-refractivity contribution is 0.463. The summed E-state index contributed by atoms with van der Waals surface area (Å²) in [5, 5.41) is 9.26. The van der Waals surface area contributed by atoms with Crippen molar-refractivity contribution in [2.24, 2.45) is 0 Å². The summed E-state index contributed by atoms with van der Waals surface area (Å²) in [6.07, 6.45) is 9.96. The van der Waals surface area contributed by atoms with Crippen molar-refractivity contribution in [1.82, 2.24) is 19.7 Å². The van der Waals surface area contributed by atoms with Gasteiger partial charge in [0, 0.05) is 11.1 Å². The highest BCUT2D eigenvalue weighted by Crippen LogP contribution is 2.30. The Hall–Kier alpha value is -1.95. The zero-order chi connectivity index (χ0) is 15.6. The monoisotopic (exact) mass is 327 g/mol. The number of nitrogens with zero attached hydrogens (tertiary/aromatic N) is 4. The lowest BCUT2D eigenvalue weighted by atomic mass is 10.3. The summed E-state index contributed by atoms with van der Waals surface area (Å²) in [4.78, 5) is 11.2. The molecule has 0 atom stereocenters. The highest BCUT2D eigenvalue weighted by atomic mass is 32.1. The molecule has 6 heteroatoms. The maximum absolute atomic E-state index is 4.72. The standard InChI is InChI=1S/C17H21N5S/c1-2-14-9-15-16(19-11-20-17(15)23-14)18-10-12-7-8-22(21-12)13-5-3-4-6-13/h7-9,11,13H,2-6,10H2,1H3,(H,18,19,20). The highest BCUT2D eigenvalue weighted by Gasteiger charge is 2.17. The van der Waals surface area contributed by atoms with Gasteiger partial charge in [0.25, 0.3) is 0 Å². The summed E-state index contributed by atoms with van der Waals surface area (Å²) in [5.41, 5.74) is 1.06. The Bertz CT molecular complexity index is 800. The number of aryl methyl sites for hydroxylation is 1. The van der Waals surface area contributed by atoms with E-state index in [0.717, 1.165) is 28.1 Å². The van der Waals surface area contributed by atoms with Crippen molar-refractivity contribution < 1.29 is 0 Å². The van der Waals surface area contributed by atoms with Gasteiger partial charge in [-0.1, -0.05) is 19.8 Å². The van der Waals surface area contributed by atoms with Crippen LogP contribution >= 0.6 is 11.3 Å². The van der Waals surface area contributed by atoms with Gasteiger partial charge in [0.05, 0.1) is 23.7 Å². The fraction of sp³-hybridized carbons (Fsp3) is 0.471. The van der Waals surface area contributed by atoms with Crippen molar-refractivity contribution in [3.63, 3.8) is 0 Å². The van der Waals surface area contributed by atoms with Crippen molar-refractivity contribution in [2.75, 3.05) is 5.32 Å². The van der Waals surface area contributed by atoms with Gasteiger partial charge in [0.1, 0.15) is 17.0 Å². The van der Waals surface area contributed by atoms with Crippen LogP contribution in [0.3, 0.4) is 0 Å². The minimum atomic E-state index is 0.596. The van der Waals surface area contributed by atoms with Crippen LogP contribution < -0.4 is 5.32 Å². The first-order valence-electron chi connectivity index (χ1n) is 8.35. The Kier molecular flexibility index (Phi) is 3.99. The molecule has 1 aliphatic rings. The fourth-order valence-electron chi connectivity index (χ4n) is 3.24. The van der Waals surface area contributed by atoms with Crippen molar-refractivity contribution in [3.8, 4) is 0 Å². The Labute approximate surface area is 139 Å². The smallest absolute Gasteiger partial charge is 0.138 e. The van der Waals surface area contributed by atoms with Crippen LogP contribution in [-0.4, -0.2) is 19.7 Å². The van der Waals surface area contributed by atoms with Gasteiger partial charge in [-0.3, -0.25) is 4.68 Å². The van der Waals surface area contributed by atoms with Gasteiger partial charge in [0.2, 0.25) is 0 Å². The minimum absolute atomic E-state index is 0.596. The molecule has 1 saturated carbocycles. The number of rotatable bonds is 5. The van der Waals surface area contributed by atoms with Gasteiger partial charge in [-0.2, -0.15) is 5.10 Å². The molecule has 5 nitrogen and oxygen atoms in total. The van der Waals surface area contributed by atoms with E-state index in [0.29, 0.717) is 12.6 Å². The van der Waals surface area contributed by atoms with Crippen LogP contribution in [0, 0.1) is 0 Å². The first kappa shape index (κ1) is 14.6. The van der Waals surface area contributed by atoms with E-state index in [1.165, 1.54) is 30.6 Å². The topological polar surface area (TPSA) is 55.6 Å². The molecular formula is C17H21N5S. The molecule has 0 saturated heterocycles. The number of hydrogen-bond acceptors (Lipinski definition) is 5. The Morgan fingerprint density at radius 1 is 1.30 bits per heavy atom. The number of hydrogen-bond donors (Lipinski definition) is 1. The number of nitrogens with one attached hydrogen (secondary N) is 1. The second kappa shape index (κ2) is 6.28. The summed E-state index contributed by atoms with van der Waals surface area (Å²) in [7, 11) is 0. The van der Waals surface area contributed by atoms with Crippen LogP contribution in [-0.2, 0) is 13.0 Å². The van der Waals surface area contributed by atoms with Crippen LogP contribution in [0.5, 0.6) is 0 Å². The molecule has 0 aliphatic heterocycles. The van der Waals surface area contributed by atoms with Gasteiger partial charge in [-0.25, -0.2) is 9.97 Å². The molecule has 0 radical (unpaired) electrons. The molecule has 1 N–H and O–H groups in total. The van der Waals surface area contributed by atoms with Crippen LogP contribution in [0.2, 0.25) is 0 Å². The minimum Gasteiger partial charge on any atom is -0.364 e. The number of thiophene rings is 1. The zero-order valence-corrected chi connectivity index (χ0v) is 14.1. The molecule has 3 aromatic rings. The van der Waals surface area contributed by atoms with Gasteiger partial charge in [-0.05, 0) is 31.4 Å². The number of aromatic nitrogens is 4. The lowest BCUT2D eigenvalue weighted by Crippen LogP contribution is -2.07. The molecule has 0 unspecified atom stereocenters. The van der Waals surface area contributed by atoms with E-state index in [2.05, 4.69) is 45.2 Å². The Balaban J connectivity index is 1.49. The van der Waals surface area contributed by atoms with Crippen molar-refractivity contribution in [3.05, 3.63) is 35.2 Å². The summed E-state index contributed by atoms with van der Waals surface area (Å²) in [5.74, 6) is 0.904. The molecule has 23 heavy (non-hydrogen) atoms. The van der Waals surface area contributed by atoms with E-state index < -0.39 is 0 Å². The first-order valence-corrected chi connectivity index (χ1v) is 9.16. The molecule has 1 fully saturated rings. The maximum atomic E-state index is 4.72. The molecule has 1 aliphatic carbocycles. The summed E-state index contributed by atoms with van der Waals surface area (Å²) >= 11 is 1.74. The molecule has 0 bridgehead atoms. The molecule has 0 spiro atoms. The molecule has 0 amide bonds. The summed E-state index contributed by atoms with van der Waals surface area (Å²) in [6.45, 7) is 2.87. The Morgan fingerprint density at radius 2 is 2.17 bits per heavy atom. The third kappa shape index (κ3) is 2.95. The van der Waals surface area contributed by atoms with E-state index in [-0.39, 0.29) is 0 Å². The second-order valence-electron chi connectivity index (χ2n) is 6.09. The largest absolute Gasteiger partial charge is 0.364 e. The van der Waals surface area contributed by atoms with Crippen LogP contribution in [0.15, 0.2) is 24.7 Å². The van der Waals surface area contributed by atoms with Crippen LogP contribution in [0.1, 0.15) is 49.2 Å². The third-order valence-corrected chi connectivity index (χ3v) is 5.72. The van der Waals surface area contributed by atoms with E-state index in [4.69, 9.17) is 5.10 Å². The van der Waals surface area contributed by atoms with E-state index in [9.17, 15) is 0 Å². The SMILES string of the molecule is CCc1cc2c(NCc3ccn(C4CCCC4)n3)ncnc2s1. The molecule has 4 rings (SSSR count). The molecule has 120 valence electrons. The normalized spacial score (nSPS) is 15.5. The lowest BCUT2D eigenvalue weighted by Gasteiger charge is -2.09. The van der Waals surface area contributed by atoms with E-state index in [1.807, 2.05) is 0 Å². The average Bonchev–Trinajstić information content (AvgIpc) is 3.31. The van der Waals surface area contributed by atoms with E-state index >= 15 is 0 Å². The third-order valence-electron chi connectivity index (χ3n) is 4.53. The summed E-state index contributed by atoms with van der Waals surface area (Å²) in [6, 6.07) is 4.90. The molecule has 0 aromatic carbocycles. The Morgan fingerprint density at radius 3 is 3.00 bits per heavy atom. The van der Waals surface area contributed by atoms with Crippen molar-refractivity contribution in [2.45, 2.75) is 51.6 Å². The fourth-order valence-corrected chi connectivity index (χ4v) is 4.17. The van der Waals surface area contributed by atoms with Gasteiger partial charge in [0.15, 0.2) is 0 Å². The highest BCUT2D eigenvalue weighted by molar-refractivity contribution is 7.18. The molecular weight excluding hydrogens is 306 g/mol. The number of anilines is 1. The first-order chi connectivity index (χ1) is 11.3. The van der Waals surface area contributed by atoms with Gasteiger partial charge >= 0.3 is 0 Å². The average molecular weight is 327 g/mol. The van der Waals surface area contributed by atoms with Crippen LogP contribution in [0.4, 0.5) is 5.82 Å². The van der Waals surface area contributed by atoms with Crippen molar-refractivity contribution in [1.29, 1.82) is 0 Å². The second-order valence-corrected chi connectivity index (χ2v) is 7.20. The number of fused-ring (bicyclic) bond motifs is 1. The predicted octanol–water partition coefficient (Wildman–Crippen LogP) is 4.18. The van der Waals surface area contributed by atoms with Gasteiger partial charge < -0.3 is 5.32 Å². The predicted molar refractivity (Wildman–Crippen MR) is 93.9 cm³/mol. The molecule has 3 heterocycles. The van der Waals surface area contributed by atoms with Gasteiger partial charge in [-0.15, -0.1) is 11.3 Å². The maximum Gasteiger partial charge on any atom is 0.138 e. The van der Waals surface area contributed by atoms with Crippen molar-refractivity contribution >= 4 is 27.4 Å². The summed E-state index contributed by atoms with van der Waals surface area (Å²) < 4.78 is 2.14. The van der Waals surface area contributed by atoms with E-state index in [1.54, 1.807) is 17.7 Å². The van der Waals surface area contributed by atoms with Crippen LogP contribution in [0.25, 0.3) is 10.2 Å². The quantitative estimate of drug-likeness (QED) is 0.764. The zero-order valence-electron chi connectivity index (χ0n) is 13.3. The molecule has 3 aromatic heterocycles.